The summed E-state index contributed by atoms with van der Waals surface area (Å²) in [5.74, 6) is -0.349. The molecule has 0 aromatic heterocycles. The van der Waals surface area contributed by atoms with E-state index >= 15 is 0 Å². The minimum absolute atomic E-state index is 0.109. The van der Waals surface area contributed by atoms with Crippen LogP contribution >= 0.6 is 23.2 Å². The number of likely N-dealkylation sites (N-methyl/N-ethyl adjacent to an activating group) is 1. The van der Waals surface area contributed by atoms with Crippen molar-refractivity contribution < 1.29 is 9.59 Å². The third-order valence-electron chi connectivity index (χ3n) is 5.19. The van der Waals surface area contributed by atoms with E-state index in [0.29, 0.717) is 23.0 Å². The number of carbonyl (C=O) groups excluding carboxylic acids is 2. The van der Waals surface area contributed by atoms with Crippen LogP contribution in [0.3, 0.4) is 0 Å². The monoisotopic (exact) mass is 468 g/mol. The van der Waals surface area contributed by atoms with Crippen molar-refractivity contribution in [3.05, 3.63) is 106 Å². The van der Waals surface area contributed by atoms with Gasteiger partial charge in [0.25, 0.3) is 0 Å². The Morgan fingerprint density at radius 3 is 2.19 bits per heavy atom. The molecule has 3 aromatic carbocycles. The minimum atomic E-state index is -0.664. The van der Waals surface area contributed by atoms with Crippen LogP contribution in [0.25, 0.3) is 0 Å². The highest BCUT2D eigenvalue weighted by molar-refractivity contribution is 6.31. The van der Waals surface area contributed by atoms with Crippen LogP contribution in [0, 0.1) is 0 Å². The Morgan fingerprint density at radius 1 is 0.875 bits per heavy atom. The second-order valence-electron chi connectivity index (χ2n) is 7.52. The van der Waals surface area contributed by atoms with Gasteiger partial charge in [-0.3, -0.25) is 9.59 Å². The number of halogens is 2. The van der Waals surface area contributed by atoms with Crippen LogP contribution < -0.4 is 5.32 Å². The van der Waals surface area contributed by atoms with E-state index in [-0.39, 0.29) is 24.8 Å². The van der Waals surface area contributed by atoms with Gasteiger partial charge in [-0.2, -0.15) is 0 Å². The molecule has 0 fully saturated rings. The first kappa shape index (κ1) is 23.8. The quantitative estimate of drug-likeness (QED) is 0.462. The Morgan fingerprint density at radius 2 is 1.53 bits per heavy atom. The molecule has 0 aliphatic heterocycles. The lowest BCUT2D eigenvalue weighted by Gasteiger charge is -2.31. The van der Waals surface area contributed by atoms with Crippen LogP contribution in [0.5, 0.6) is 0 Å². The normalized spacial score (nSPS) is 11.6. The Kier molecular flexibility index (Phi) is 8.72. The highest BCUT2D eigenvalue weighted by Gasteiger charge is 2.30. The van der Waals surface area contributed by atoms with E-state index in [1.54, 1.807) is 23.1 Å². The first-order valence-electron chi connectivity index (χ1n) is 10.6. The van der Waals surface area contributed by atoms with Gasteiger partial charge in [-0.05, 0) is 41.8 Å². The van der Waals surface area contributed by atoms with Crippen LogP contribution in [0.2, 0.25) is 10.0 Å². The molecule has 0 heterocycles. The number of nitrogens with zero attached hydrogens (tertiary/aromatic N) is 1. The fourth-order valence-electron chi connectivity index (χ4n) is 3.54. The van der Waals surface area contributed by atoms with Gasteiger partial charge in [0.2, 0.25) is 11.8 Å². The van der Waals surface area contributed by atoms with E-state index in [1.165, 1.54) is 0 Å². The lowest BCUT2D eigenvalue weighted by molar-refractivity contribution is -0.140. The summed E-state index contributed by atoms with van der Waals surface area (Å²) >= 11 is 12.3. The van der Waals surface area contributed by atoms with Crippen LogP contribution in [0.15, 0.2) is 78.9 Å². The second kappa shape index (κ2) is 11.7. The lowest BCUT2D eigenvalue weighted by Crippen LogP contribution is -2.51. The summed E-state index contributed by atoms with van der Waals surface area (Å²) in [5, 5.41) is 4.04. The van der Waals surface area contributed by atoms with Crippen LogP contribution in [0.1, 0.15) is 23.6 Å². The topological polar surface area (TPSA) is 49.4 Å². The van der Waals surface area contributed by atoms with Crippen molar-refractivity contribution in [2.45, 2.75) is 32.4 Å². The third kappa shape index (κ3) is 6.59. The number of carbonyl (C=O) groups is 2. The summed E-state index contributed by atoms with van der Waals surface area (Å²) < 4.78 is 0. The molecule has 3 rings (SSSR count). The number of nitrogens with one attached hydrogen (secondary N) is 1. The zero-order valence-electron chi connectivity index (χ0n) is 17.9. The van der Waals surface area contributed by atoms with Gasteiger partial charge in [-0.25, -0.2) is 0 Å². The predicted octanol–water partition coefficient (Wildman–Crippen LogP) is 5.31. The molecular formula is C26H26Cl2N2O2. The SMILES string of the molecule is CCNC(=O)[C@H](Cc1ccccc1)N(Cc1ccc(Cl)cc1)C(=O)Cc1ccccc1Cl. The first-order chi connectivity index (χ1) is 15.5. The maximum absolute atomic E-state index is 13.5. The van der Waals surface area contributed by atoms with Crippen LogP contribution in [-0.2, 0) is 29.0 Å². The third-order valence-corrected chi connectivity index (χ3v) is 5.81. The predicted molar refractivity (Wildman–Crippen MR) is 130 cm³/mol. The van der Waals surface area contributed by atoms with Crippen molar-refractivity contribution in [2.75, 3.05) is 6.54 Å². The molecule has 0 saturated carbocycles. The summed E-state index contributed by atoms with van der Waals surface area (Å²) in [4.78, 5) is 28.3. The Balaban J connectivity index is 1.95. The summed E-state index contributed by atoms with van der Waals surface area (Å²) in [7, 11) is 0. The maximum Gasteiger partial charge on any atom is 0.243 e. The molecule has 3 aromatic rings. The van der Waals surface area contributed by atoms with E-state index in [2.05, 4.69) is 5.32 Å². The first-order valence-corrected chi connectivity index (χ1v) is 11.3. The molecule has 166 valence electrons. The largest absolute Gasteiger partial charge is 0.355 e. The summed E-state index contributed by atoms with van der Waals surface area (Å²) in [6.45, 7) is 2.64. The molecular weight excluding hydrogens is 443 g/mol. The molecule has 0 unspecified atom stereocenters. The van der Waals surface area contributed by atoms with Gasteiger partial charge in [0.05, 0.1) is 6.42 Å². The van der Waals surface area contributed by atoms with E-state index in [1.807, 2.05) is 67.6 Å². The van der Waals surface area contributed by atoms with Crippen LogP contribution in [0.4, 0.5) is 0 Å². The second-order valence-corrected chi connectivity index (χ2v) is 8.36. The van der Waals surface area contributed by atoms with E-state index < -0.39 is 6.04 Å². The highest BCUT2D eigenvalue weighted by atomic mass is 35.5. The molecule has 0 radical (unpaired) electrons. The fourth-order valence-corrected chi connectivity index (χ4v) is 3.87. The fraction of sp³-hybridized carbons (Fsp3) is 0.231. The molecule has 2 amide bonds. The van der Waals surface area contributed by atoms with Gasteiger partial charge in [-0.15, -0.1) is 0 Å². The molecule has 0 aliphatic rings. The van der Waals surface area contributed by atoms with E-state index in [0.717, 1.165) is 16.7 Å². The smallest absolute Gasteiger partial charge is 0.243 e. The number of hydrogen-bond acceptors (Lipinski definition) is 2. The zero-order valence-corrected chi connectivity index (χ0v) is 19.4. The van der Waals surface area contributed by atoms with Crippen molar-refractivity contribution in [1.82, 2.24) is 10.2 Å². The molecule has 0 bridgehead atoms. The molecule has 0 saturated heterocycles. The van der Waals surface area contributed by atoms with Gasteiger partial charge in [0, 0.05) is 29.6 Å². The van der Waals surface area contributed by atoms with E-state index in [9.17, 15) is 9.59 Å². The maximum atomic E-state index is 13.5. The van der Waals surface area contributed by atoms with Gasteiger partial charge >= 0.3 is 0 Å². The molecule has 0 spiro atoms. The zero-order chi connectivity index (χ0) is 22.9. The van der Waals surface area contributed by atoms with Gasteiger partial charge in [0.1, 0.15) is 6.04 Å². The Hall–Kier alpha value is -2.82. The Labute approximate surface area is 199 Å². The van der Waals surface area contributed by atoms with Crippen molar-refractivity contribution >= 4 is 35.0 Å². The van der Waals surface area contributed by atoms with Crippen molar-refractivity contribution in [3.8, 4) is 0 Å². The standard InChI is InChI=1S/C26H26Cl2N2O2/c1-2-29-26(32)24(16-19-8-4-3-5-9-19)30(18-20-12-14-22(27)15-13-20)25(31)17-21-10-6-7-11-23(21)28/h3-15,24H,2,16-18H2,1H3,(H,29,32)/t24-/m0/s1. The minimum Gasteiger partial charge on any atom is -0.355 e. The van der Waals surface area contributed by atoms with Gasteiger partial charge in [-0.1, -0.05) is 83.9 Å². The summed E-state index contributed by atoms with van der Waals surface area (Å²) in [6, 6.07) is 23.6. The van der Waals surface area contributed by atoms with Gasteiger partial charge in [0.15, 0.2) is 0 Å². The van der Waals surface area contributed by atoms with Gasteiger partial charge < -0.3 is 10.2 Å². The molecule has 6 heteroatoms. The van der Waals surface area contributed by atoms with E-state index in [4.69, 9.17) is 23.2 Å². The average Bonchev–Trinajstić information content (AvgIpc) is 2.79. The molecule has 0 aliphatic carbocycles. The Bertz CT molecular complexity index is 1040. The molecule has 32 heavy (non-hydrogen) atoms. The molecule has 1 N–H and O–H groups in total. The number of benzene rings is 3. The van der Waals surface area contributed by atoms with Crippen molar-refractivity contribution in [2.24, 2.45) is 0 Å². The summed E-state index contributed by atoms with van der Waals surface area (Å²) in [6.07, 6.45) is 0.520. The number of rotatable bonds is 9. The number of hydrogen-bond donors (Lipinski definition) is 1. The average molecular weight is 469 g/mol. The van der Waals surface area contributed by atoms with Crippen molar-refractivity contribution in [1.29, 1.82) is 0 Å². The summed E-state index contributed by atoms with van der Waals surface area (Å²) in [5.41, 5.74) is 2.61. The highest BCUT2D eigenvalue weighted by Crippen LogP contribution is 2.20. The molecule has 1 atom stereocenters. The molecule has 4 nitrogen and oxygen atoms in total. The lowest BCUT2D eigenvalue weighted by atomic mass is 10.0. The number of amides is 2. The van der Waals surface area contributed by atoms with Crippen molar-refractivity contribution in [3.63, 3.8) is 0 Å². The van der Waals surface area contributed by atoms with Crippen LogP contribution in [-0.4, -0.2) is 29.3 Å².